The second kappa shape index (κ2) is 6.88. The topological polar surface area (TPSA) is 79.9 Å². The van der Waals surface area contributed by atoms with E-state index < -0.39 is 0 Å². The van der Waals surface area contributed by atoms with E-state index in [1.54, 1.807) is 4.90 Å². The second-order valence-electron chi connectivity index (χ2n) is 4.38. The van der Waals surface area contributed by atoms with Gasteiger partial charge in [0.1, 0.15) is 0 Å². The van der Waals surface area contributed by atoms with E-state index in [1.165, 1.54) is 0 Å². The van der Waals surface area contributed by atoms with Crippen molar-refractivity contribution in [2.75, 3.05) is 26.2 Å². The summed E-state index contributed by atoms with van der Waals surface area (Å²) in [6.07, 6.45) is 0.650. The predicted molar refractivity (Wildman–Crippen MR) is 62.6 cm³/mol. The number of hydrogen-bond acceptors (Lipinski definition) is 4. The molecule has 1 rings (SSSR count). The van der Waals surface area contributed by atoms with Gasteiger partial charge in [0.25, 0.3) is 0 Å². The second-order valence-corrected chi connectivity index (χ2v) is 4.38. The lowest BCUT2D eigenvalue weighted by atomic mass is 9.96. The maximum atomic E-state index is 12.2. The standard InChI is InChI=1S/C12H18N4O/c1-10-8-15-9-11(10)12(17)16(6-2-4-13)7-3-5-14/h10-11,15H,2-3,6-9H2,1H3. The van der Waals surface area contributed by atoms with Crippen molar-refractivity contribution in [3.8, 4) is 12.1 Å². The molecule has 0 radical (unpaired) electrons. The first-order chi connectivity index (χ1) is 8.20. The number of hydrogen-bond donors (Lipinski definition) is 1. The van der Waals surface area contributed by atoms with Crippen molar-refractivity contribution < 1.29 is 4.79 Å². The van der Waals surface area contributed by atoms with Crippen molar-refractivity contribution in [1.29, 1.82) is 10.5 Å². The number of rotatable bonds is 5. The van der Waals surface area contributed by atoms with Gasteiger partial charge in [-0.15, -0.1) is 0 Å². The molecule has 0 aromatic heterocycles. The SMILES string of the molecule is CC1CNCC1C(=O)N(CCC#N)CCC#N. The van der Waals surface area contributed by atoms with Gasteiger partial charge in [0.2, 0.25) is 5.91 Å². The fourth-order valence-electron chi connectivity index (χ4n) is 2.08. The molecule has 0 aromatic rings. The first-order valence-electron chi connectivity index (χ1n) is 5.94. The van der Waals surface area contributed by atoms with Crippen molar-refractivity contribution in [2.45, 2.75) is 19.8 Å². The minimum atomic E-state index is -0.00705. The predicted octanol–water partition coefficient (Wildman–Crippen LogP) is 0.498. The highest BCUT2D eigenvalue weighted by atomic mass is 16.2. The van der Waals surface area contributed by atoms with E-state index in [1.807, 2.05) is 12.1 Å². The van der Waals surface area contributed by atoms with Crippen molar-refractivity contribution in [3.63, 3.8) is 0 Å². The van der Waals surface area contributed by atoms with Gasteiger partial charge in [0, 0.05) is 19.6 Å². The van der Waals surface area contributed by atoms with Crippen LogP contribution in [0.4, 0.5) is 0 Å². The monoisotopic (exact) mass is 234 g/mol. The number of carbonyl (C=O) groups excluding carboxylic acids is 1. The Labute approximate surface area is 102 Å². The van der Waals surface area contributed by atoms with Crippen molar-refractivity contribution in [3.05, 3.63) is 0 Å². The summed E-state index contributed by atoms with van der Waals surface area (Å²) < 4.78 is 0. The van der Waals surface area contributed by atoms with E-state index in [2.05, 4.69) is 12.2 Å². The molecule has 1 heterocycles. The Morgan fingerprint density at radius 2 is 1.88 bits per heavy atom. The molecule has 1 aliphatic rings. The van der Waals surface area contributed by atoms with Crippen LogP contribution in [0.15, 0.2) is 0 Å². The summed E-state index contributed by atoms with van der Waals surface area (Å²) >= 11 is 0. The summed E-state index contributed by atoms with van der Waals surface area (Å²) in [6, 6.07) is 4.08. The van der Waals surface area contributed by atoms with Gasteiger partial charge in [-0.25, -0.2) is 0 Å². The normalized spacial score (nSPS) is 22.8. The van der Waals surface area contributed by atoms with Crippen molar-refractivity contribution in [2.24, 2.45) is 11.8 Å². The summed E-state index contributed by atoms with van der Waals surface area (Å²) in [5.74, 6) is 0.398. The number of nitrogens with zero attached hydrogens (tertiary/aromatic N) is 3. The largest absolute Gasteiger partial charge is 0.340 e. The Balaban J connectivity index is 2.58. The van der Waals surface area contributed by atoms with Crippen molar-refractivity contribution >= 4 is 5.91 Å². The molecule has 1 saturated heterocycles. The highest BCUT2D eigenvalue weighted by Gasteiger charge is 2.32. The van der Waals surface area contributed by atoms with Gasteiger partial charge in [-0.05, 0) is 12.5 Å². The Morgan fingerprint density at radius 3 is 2.29 bits per heavy atom. The van der Waals surface area contributed by atoms with Crippen LogP contribution in [-0.4, -0.2) is 37.0 Å². The number of nitrogens with one attached hydrogen (secondary N) is 1. The molecule has 0 bridgehead atoms. The van der Waals surface area contributed by atoms with Gasteiger partial charge >= 0.3 is 0 Å². The van der Waals surface area contributed by atoms with Crippen LogP contribution in [0.5, 0.6) is 0 Å². The molecule has 0 aromatic carbocycles. The van der Waals surface area contributed by atoms with Crippen LogP contribution in [0, 0.1) is 34.5 Å². The molecule has 1 N–H and O–H groups in total. The van der Waals surface area contributed by atoms with E-state index >= 15 is 0 Å². The summed E-state index contributed by atoms with van der Waals surface area (Å²) in [7, 11) is 0. The molecule has 0 spiro atoms. The maximum Gasteiger partial charge on any atom is 0.227 e. The Morgan fingerprint density at radius 1 is 1.29 bits per heavy atom. The van der Waals surface area contributed by atoms with Gasteiger partial charge in [-0.2, -0.15) is 10.5 Å². The third-order valence-corrected chi connectivity index (χ3v) is 3.13. The molecular weight excluding hydrogens is 216 g/mol. The maximum absolute atomic E-state index is 12.2. The first kappa shape index (κ1) is 13.5. The molecule has 1 amide bonds. The fourth-order valence-corrected chi connectivity index (χ4v) is 2.08. The molecule has 5 heteroatoms. The third kappa shape index (κ3) is 3.72. The minimum Gasteiger partial charge on any atom is -0.340 e. The van der Waals surface area contributed by atoms with Crippen LogP contribution in [0.2, 0.25) is 0 Å². The van der Waals surface area contributed by atoms with Crippen LogP contribution in [0.25, 0.3) is 0 Å². The summed E-state index contributed by atoms with van der Waals surface area (Å²) in [5, 5.41) is 20.3. The van der Waals surface area contributed by atoms with E-state index in [-0.39, 0.29) is 11.8 Å². The Bertz CT molecular complexity index is 323. The molecule has 2 atom stereocenters. The molecule has 0 saturated carbocycles. The smallest absolute Gasteiger partial charge is 0.227 e. The van der Waals surface area contributed by atoms with Crippen LogP contribution in [0.3, 0.4) is 0 Å². The highest BCUT2D eigenvalue weighted by molar-refractivity contribution is 5.79. The van der Waals surface area contributed by atoms with Crippen molar-refractivity contribution in [1.82, 2.24) is 10.2 Å². The van der Waals surface area contributed by atoms with Crippen LogP contribution in [0.1, 0.15) is 19.8 Å². The fraction of sp³-hybridized carbons (Fsp3) is 0.750. The molecule has 1 aliphatic heterocycles. The van der Waals surface area contributed by atoms with E-state index in [9.17, 15) is 4.79 Å². The summed E-state index contributed by atoms with van der Waals surface area (Å²) in [6.45, 7) is 4.48. The Kier molecular flexibility index (Phi) is 5.45. The average Bonchev–Trinajstić information content (AvgIpc) is 2.75. The van der Waals surface area contributed by atoms with Crippen LogP contribution < -0.4 is 5.32 Å². The zero-order chi connectivity index (χ0) is 12.7. The lowest BCUT2D eigenvalue weighted by Gasteiger charge is -2.25. The zero-order valence-electron chi connectivity index (χ0n) is 10.1. The minimum absolute atomic E-state index is 0.00705. The van der Waals surface area contributed by atoms with Gasteiger partial charge in [0.15, 0.2) is 0 Å². The van der Waals surface area contributed by atoms with E-state index in [0.29, 0.717) is 38.4 Å². The van der Waals surface area contributed by atoms with Crippen LogP contribution in [-0.2, 0) is 4.79 Å². The van der Waals surface area contributed by atoms with E-state index in [0.717, 1.165) is 6.54 Å². The Hall–Kier alpha value is -1.59. The molecule has 17 heavy (non-hydrogen) atoms. The molecule has 0 aliphatic carbocycles. The number of carbonyl (C=O) groups is 1. The first-order valence-corrected chi connectivity index (χ1v) is 5.94. The highest BCUT2D eigenvalue weighted by Crippen LogP contribution is 2.18. The number of nitriles is 2. The molecular formula is C12H18N4O. The molecule has 92 valence electrons. The molecule has 2 unspecified atom stereocenters. The number of amides is 1. The summed E-state index contributed by atoms with van der Waals surface area (Å²) in [4.78, 5) is 13.9. The lowest BCUT2D eigenvalue weighted by molar-refractivity contribution is -0.135. The van der Waals surface area contributed by atoms with Gasteiger partial charge in [0.05, 0.1) is 30.9 Å². The summed E-state index contributed by atoms with van der Waals surface area (Å²) in [5.41, 5.74) is 0. The van der Waals surface area contributed by atoms with Crippen LogP contribution >= 0.6 is 0 Å². The van der Waals surface area contributed by atoms with E-state index in [4.69, 9.17) is 10.5 Å². The van der Waals surface area contributed by atoms with Gasteiger partial charge in [-0.3, -0.25) is 4.79 Å². The molecule has 1 fully saturated rings. The average molecular weight is 234 g/mol. The third-order valence-electron chi connectivity index (χ3n) is 3.13. The zero-order valence-corrected chi connectivity index (χ0v) is 10.1. The lowest BCUT2D eigenvalue weighted by Crippen LogP contribution is -2.39. The quantitative estimate of drug-likeness (QED) is 0.751. The van der Waals surface area contributed by atoms with Gasteiger partial charge < -0.3 is 10.2 Å². The molecule has 5 nitrogen and oxygen atoms in total. The van der Waals surface area contributed by atoms with Gasteiger partial charge in [-0.1, -0.05) is 6.92 Å².